The third-order valence-electron chi connectivity index (χ3n) is 17.1. The molecule has 1 aliphatic heterocycles. The summed E-state index contributed by atoms with van der Waals surface area (Å²) >= 11 is 5.72. The minimum absolute atomic E-state index is 0. The number of aromatic amines is 1. The van der Waals surface area contributed by atoms with Gasteiger partial charge in [0.15, 0.2) is 34.9 Å². The minimum atomic E-state index is -4.14. The van der Waals surface area contributed by atoms with Crippen molar-refractivity contribution >= 4 is 79.6 Å². The largest absolute Gasteiger partial charge is 0.497 e. The summed E-state index contributed by atoms with van der Waals surface area (Å²) < 4.78 is 129. The average molecular weight is 1180 g/mol. The van der Waals surface area contributed by atoms with Crippen molar-refractivity contribution in [1.29, 1.82) is 0 Å². The highest BCUT2D eigenvalue weighted by molar-refractivity contribution is 7.90. The van der Waals surface area contributed by atoms with Gasteiger partial charge < -0.3 is 34.8 Å². The van der Waals surface area contributed by atoms with Gasteiger partial charge in [0, 0.05) is 58.4 Å². The fraction of sp³-hybridized carbons (Fsp3) is 0.439. The Hall–Kier alpha value is -6.76. The molecular weight excluding hydrogens is 1120 g/mol. The van der Waals surface area contributed by atoms with Crippen molar-refractivity contribution in [3.63, 3.8) is 0 Å². The van der Waals surface area contributed by atoms with Crippen molar-refractivity contribution in [2.24, 2.45) is 35.5 Å². The maximum absolute atomic E-state index is 14.8. The second-order valence-electron chi connectivity index (χ2n) is 22.4. The molecule has 1 saturated heterocycles. The third kappa shape index (κ3) is 11.4. The summed E-state index contributed by atoms with van der Waals surface area (Å²) in [5.41, 5.74) is -0.0886. The Bertz CT molecular complexity index is 3660. The lowest BCUT2D eigenvalue weighted by molar-refractivity contribution is -0.152. The monoisotopic (exact) mass is 1180 g/mol. The fourth-order valence-corrected chi connectivity index (χ4v) is 13.8. The zero-order chi connectivity index (χ0) is 58.0. The highest BCUT2D eigenvalue weighted by Crippen LogP contribution is 2.48. The first-order valence-corrected chi connectivity index (χ1v) is 28.4. The first-order chi connectivity index (χ1) is 38.3. The Kier molecular flexibility index (Phi) is 16.9. The fourth-order valence-electron chi connectivity index (χ4n) is 12.3. The number of anilines is 2. The Morgan fingerprint density at radius 3 is 1.83 bits per heavy atom. The molecule has 4 N–H and O–H groups in total. The summed E-state index contributed by atoms with van der Waals surface area (Å²) in [5.74, 6) is -5.70. The highest BCUT2D eigenvalue weighted by atomic mass is 35.5. The maximum atomic E-state index is 14.8. The molecule has 82 heavy (non-hydrogen) atoms. The summed E-state index contributed by atoms with van der Waals surface area (Å²) in [6.07, 6.45) is 12.4. The van der Waals surface area contributed by atoms with Crippen LogP contribution in [0.2, 0.25) is 5.28 Å². The number of H-pyrrole nitrogens is 1. The third-order valence-corrected chi connectivity index (χ3v) is 19.0. The number of aliphatic carboxylic acids is 1. The molecule has 3 aromatic carbocycles. The molecule has 0 spiro atoms. The Morgan fingerprint density at radius 2 is 1.26 bits per heavy atom. The number of halogens is 7. The SMILES string of the molecule is C.COC(=O)[C@H]1C2CCC(CC2)C1Nc1nc(Cl)ncc1F.Cc1ccc(S(=O)(=O)n2cc(B3OC(C)(C)C(C)(C)O3)c3cc(F)cc(F)c32)cc1.O=C(O)[C@H]1C2CCC(CC2)[C@@H]1Nc1nc(-c2c[nH]c3c(F)cc(F)cc23)ncc1F. The molecule has 14 rings (SSSR count). The number of carbonyl (C=O) groups excluding carboxylic acids is 1. The van der Waals surface area contributed by atoms with Gasteiger partial charge in [-0.05, 0) is 146 Å². The molecular formula is C57H62BClF6N8O8S. The Morgan fingerprint density at radius 1 is 0.744 bits per heavy atom. The van der Waals surface area contributed by atoms with Gasteiger partial charge >= 0.3 is 19.1 Å². The molecule has 25 heteroatoms. The van der Waals surface area contributed by atoms with Crippen molar-refractivity contribution in [2.75, 3.05) is 17.7 Å². The van der Waals surface area contributed by atoms with Gasteiger partial charge in [0.2, 0.25) is 5.28 Å². The van der Waals surface area contributed by atoms with Crippen LogP contribution < -0.4 is 16.1 Å². The number of carbonyl (C=O) groups is 2. The normalized spacial score (nSPS) is 24.0. The predicted molar refractivity (Wildman–Crippen MR) is 297 cm³/mol. The van der Waals surface area contributed by atoms with Crippen LogP contribution in [-0.4, -0.2) is 91.9 Å². The van der Waals surface area contributed by atoms with Crippen LogP contribution >= 0.6 is 11.6 Å². The van der Waals surface area contributed by atoms with E-state index in [9.17, 15) is 49.5 Å². The molecule has 6 aliphatic carbocycles. The van der Waals surface area contributed by atoms with E-state index in [0.29, 0.717) is 23.5 Å². The minimum Gasteiger partial charge on any atom is -0.481 e. The lowest BCUT2D eigenvalue weighted by Crippen LogP contribution is -2.52. The van der Waals surface area contributed by atoms with E-state index in [0.717, 1.165) is 91.5 Å². The van der Waals surface area contributed by atoms with Crippen molar-refractivity contribution in [3.05, 3.63) is 119 Å². The van der Waals surface area contributed by atoms with Crippen LogP contribution in [0.5, 0.6) is 0 Å². The van der Waals surface area contributed by atoms with E-state index in [4.69, 9.17) is 25.6 Å². The van der Waals surface area contributed by atoms with Crippen LogP contribution in [0.15, 0.2) is 78.2 Å². The van der Waals surface area contributed by atoms with Crippen LogP contribution in [-0.2, 0) is 33.7 Å². The van der Waals surface area contributed by atoms with Gasteiger partial charge in [0.05, 0.1) is 58.5 Å². The summed E-state index contributed by atoms with van der Waals surface area (Å²) in [7, 11) is -3.73. The zero-order valence-electron chi connectivity index (χ0n) is 44.9. The van der Waals surface area contributed by atoms with Crippen LogP contribution in [0, 0.1) is 77.3 Å². The van der Waals surface area contributed by atoms with E-state index in [2.05, 4.69) is 35.6 Å². The standard InChI is InChI=1S/C21H22BF2NO4S.C21H19F3N4O2.C14H17ClFN3O2.CH4/c1-13-6-8-15(9-7-13)30(26,27)25-12-17(16-10-14(23)11-18(24)19(16)25)22-28-20(2,3)21(4,5)29-22;22-11-5-12-13(7-25-18(12)14(23)6-11)19-26-8-15(24)20(28-19)27-17-10-3-1-9(2-4-10)16(17)21(29)30;1-21-13(20)10-7-2-4-8(5-3-7)11(10)18-12-9(16)6-17-14(15)19-12;/h6-12H,1-5H3;5-10,16-17,25H,1-4H2,(H,29,30)(H,26,27,28);6-8,10-11H,2-5H2,1H3,(H,17,18,19);1H4/t;9?,10?,16-,17-;7?,8?,10-,11?;/m.00./s1. The van der Waals surface area contributed by atoms with Crippen LogP contribution in [0.25, 0.3) is 33.2 Å². The number of fused-ring (bicyclic) bond motifs is 8. The Balaban J connectivity index is 0.000000150. The molecule has 436 valence electrons. The first kappa shape index (κ1) is 59.9. The quantitative estimate of drug-likeness (QED) is 0.0434. The van der Waals surface area contributed by atoms with Crippen LogP contribution in [0.3, 0.4) is 0 Å². The van der Waals surface area contributed by atoms with Gasteiger partial charge in [0.1, 0.15) is 17.5 Å². The molecule has 0 amide bonds. The van der Waals surface area contributed by atoms with Crippen LogP contribution in [0.4, 0.5) is 38.0 Å². The van der Waals surface area contributed by atoms with Gasteiger partial charge in [0.25, 0.3) is 10.0 Å². The number of hydrogen-bond donors (Lipinski definition) is 4. The highest BCUT2D eigenvalue weighted by Gasteiger charge is 2.53. The summed E-state index contributed by atoms with van der Waals surface area (Å²) in [4.78, 5) is 42.4. The molecule has 4 aromatic heterocycles. The smallest absolute Gasteiger partial charge is 0.481 e. The van der Waals surface area contributed by atoms with Gasteiger partial charge in [-0.15, -0.1) is 0 Å². The number of carboxylic acids is 1. The molecule has 1 unspecified atom stereocenters. The second kappa shape index (κ2) is 23.1. The van der Waals surface area contributed by atoms with E-state index >= 15 is 0 Å². The lowest BCUT2D eigenvalue weighted by Gasteiger charge is -2.47. The number of methoxy groups -OCH3 is 1. The number of nitrogens with one attached hydrogen (secondary N) is 3. The van der Waals surface area contributed by atoms with Crippen molar-refractivity contribution in [3.8, 4) is 11.4 Å². The van der Waals surface area contributed by atoms with Crippen molar-refractivity contribution in [2.45, 2.75) is 122 Å². The molecule has 6 saturated carbocycles. The van der Waals surface area contributed by atoms with E-state index in [-0.39, 0.29) is 92.1 Å². The topological polar surface area (TPSA) is 213 Å². The first-order valence-electron chi connectivity index (χ1n) is 26.5. The summed E-state index contributed by atoms with van der Waals surface area (Å²) in [6, 6.07) is 9.31. The van der Waals surface area contributed by atoms with E-state index in [1.807, 2.05) is 34.6 Å². The van der Waals surface area contributed by atoms with Gasteiger partial charge in [-0.25, -0.2) is 53.7 Å². The number of benzene rings is 3. The van der Waals surface area contributed by atoms with Crippen LogP contribution in [0.1, 0.15) is 92.1 Å². The van der Waals surface area contributed by atoms with E-state index in [1.54, 1.807) is 12.1 Å². The predicted octanol–water partition coefficient (Wildman–Crippen LogP) is 11.4. The second-order valence-corrected chi connectivity index (χ2v) is 24.6. The van der Waals surface area contributed by atoms with E-state index in [1.165, 1.54) is 31.6 Å². The summed E-state index contributed by atoms with van der Waals surface area (Å²) in [5, 5.41) is 16.1. The molecule has 7 aliphatic rings. The number of nitrogens with zero attached hydrogens (tertiary/aromatic N) is 5. The number of aryl methyl sites for hydroxylation is 1. The number of hydrogen-bond acceptors (Lipinski definition) is 13. The molecule has 7 fully saturated rings. The molecule has 5 heterocycles. The van der Waals surface area contributed by atoms with Gasteiger partial charge in [-0.3, -0.25) is 9.59 Å². The van der Waals surface area contributed by atoms with Crippen molar-refractivity contribution in [1.82, 2.24) is 28.9 Å². The average Bonchev–Trinajstić information content (AvgIpc) is 2.49. The summed E-state index contributed by atoms with van der Waals surface area (Å²) in [6.45, 7) is 9.21. The molecule has 7 aromatic rings. The number of esters is 1. The molecule has 0 radical (unpaired) electrons. The zero-order valence-corrected chi connectivity index (χ0v) is 46.4. The van der Waals surface area contributed by atoms with E-state index < -0.39 is 81.2 Å². The number of rotatable bonds is 10. The maximum Gasteiger partial charge on any atom is 0.497 e. The Labute approximate surface area is 475 Å². The molecule has 4 bridgehead atoms. The number of ether oxygens (including phenoxy) is 1. The number of aromatic nitrogens is 6. The molecule has 16 nitrogen and oxygen atoms in total. The van der Waals surface area contributed by atoms with Gasteiger partial charge in [-0.1, -0.05) is 25.1 Å². The van der Waals surface area contributed by atoms with Crippen molar-refractivity contribution < 1.29 is 63.5 Å². The van der Waals surface area contributed by atoms with Gasteiger partial charge in [-0.2, -0.15) is 4.98 Å². The lowest BCUT2D eigenvalue weighted by atomic mass is 9.61. The number of carboxylic acid groups (broad SMARTS) is 1. The molecule has 4 atom stereocenters.